The summed E-state index contributed by atoms with van der Waals surface area (Å²) in [5, 5.41) is 3.66. The maximum Gasteiger partial charge on any atom is -0.00178 e. The minimum atomic E-state index is 0.791. The summed E-state index contributed by atoms with van der Waals surface area (Å²) in [5.74, 6) is 2.81. The van der Waals surface area contributed by atoms with Crippen molar-refractivity contribution in [3.8, 4) is 0 Å². The lowest BCUT2D eigenvalue weighted by atomic mass is 9.90. The van der Waals surface area contributed by atoms with Crippen molar-refractivity contribution in [1.29, 1.82) is 0 Å². The topological polar surface area (TPSA) is 12.0 Å². The van der Waals surface area contributed by atoms with Crippen LogP contribution in [-0.2, 0) is 0 Å². The fourth-order valence-corrected chi connectivity index (χ4v) is 3.15. The zero-order valence-electron chi connectivity index (χ0n) is 12.3. The Labute approximate surface area is 109 Å². The monoisotopic (exact) mass is 239 g/mol. The SMILES string of the molecule is CCCCCCC1CCCC1CNCC(C)C. The molecular formula is C16H33N. The van der Waals surface area contributed by atoms with Crippen molar-refractivity contribution in [2.75, 3.05) is 13.1 Å². The predicted octanol–water partition coefficient (Wildman–Crippen LogP) is 4.62. The van der Waals surface area contributed by atoms with Crippen molar-refractivity contribution in [2.24, 2.45) is 17.8 Å². The molecule has 1 nitrogen and oxygen atoms in total. The van der Waals surface area contributed by atoms with Crippen LogP contribution in [0.25, 0.3) is 0 Å². The zero-order chi connectivity index (χ0) is 12.5. The van der Waals surface area contributed by atoms with Gasteiger partial charge in [0.1, 0.15) is 0 Å². The molecule has 1 saturated carbocycles. The van der Waals surface area contributed by atoms with Crippen LogP contribution >= 0.6 is 0 Å². The molecule has 0 aromatic rings. The molecule has 0 radical (unpaired) electrons. The van der Waals surface area contributed by atoms with Crippen molar-refractivity contribution in [3.63, 3.8) is 0 Å². The summed E-state index contributed by atoms with van der Waals surface area (Å²) in [4.78, 5) is 0. The van der Waals surface area contributed by atoms with Crippen LogP contribution in [0, 0.1) is 17.8 Å². The van der Waals surface area contributed by atoms with E-state index in [4.69, 9.17) is 0 Å². The van der Waals surface area contributed by atoms with Crippen molar-refractivity contribution < 1.29 is 0 Å². The average Bonchev–Trinajstić information content (AvgIpc) is 2.72. The highest BCUT2D eigenvalue weighted by atomic mass is 14.9. The lowest BCUT2D eigenvalue weighted by Crippen LogP contribution is -2.28. The van der Waals surface area contributed by atoms with Gasteiger partial charge in [0.15, 0.2) is 0 Å². The lowest BCUT2D eigenvalue weighted by molar-refractivity contribution is 0.331. The molecule has 1 aliphatic carbocycles. The number of hydrogen-bond donors (Lipinski definition) is 1. The van der Waals surface area contributed by atoms with Crippen LogP contribution < -0.4 is 5.32 Å². The molecule has 0 aliphatic heterocycles. The van der Waals surface area contributed by atoms with E-state index in [9.17, 15) is 0 Å². The van der Waals surface area contributed by atoms with E-state index < -0.39 is 0 Å². The average molecular weight is 239 g/mol. The quantitative estimate of drug-likeness (QED) is 0.579. The molecule has 0 amide bonds. The van der Waals surface area contributed by atoms with Gasteiger partial charge in [-0.3, -0.25) is 0 Å². The van der Waals surface area contributed by atoms with E-state index in [1.165, 1.54) is 64.5 Å². The van der Waals surface area contributed by atoms with Gasteiger partial charge in [-0.15, -0.1) is 0 Å². The highest BCUT2D eigenvalue weighted by Gasteiger charge is 2.26. The van der Waals surface area contributed by atoms with Gasteiger partial charge in [-0.1, -0.05) is 65.7 Å². The van der Waals surface area contributed by atoms with Crippen LogP contribution in [0.1, 0.15) is 72.1 Å². The zero-order valence-corrected chi connectivity index (χ0v) is 12.3. The second-order valence-corrected chi connectivity index (χ2v) is 6.35. The van der Waals surface area contributed by atoms with Crippen LogP contribution in [0.5, 0.6) is 0 Å². The first-order chi connectivity index (χ1) is 8.24. The largest absolute Gasteiger partial charge is 0.316 e. The normalized spacial score (nSPS) is 24.7. The van der Waals surface area contributed by atoms with Crippen molar-refractivity contribution in [3.05, 3.63) is 0 Å². The summed E-state index contributed by atoms with van der Waals surface area (Å²) in [6.45, 7) is 9.36. The van der Waals surface area contributed by atoms with Gasteiger partial charge in [0, 0.05) is 0 Å². The molecular weight excluding hydrogens is 206 g/mol. The van der Waals surface area contributed by atoms with Crippen LogP contribution in [0.4, 0.5) is 0 Å². The first kappa shape index (κ1) is 15.0. The predicted molar refractivity (Wildman–Crippen MR) is 77.3 cm³/mol. The molecule has 0 spiro atoms. The van der Waals surface area contributed by atoms with Gasteiger partial charge in [0.05, 0.1) is 0 Å². The molecule has 1 heteroatoms. The smallest absolute Gasteiger partial charge is 0.00178 e. The molecule has 2 unspecified atom stereocenters. The minimum absolute atomic E-state index is 0.791. The molecule has 17 heavy (non-hydrogen) atoms. The molecule has 0 heterocycles. The standard InChI is InChI=1S/C16H33N/c1-4-5-6-7-9-15-10-8-11-16(15)13-17-12-14(2)3/h14-17H,4-13H2,1-3H3. The van der Waals surface area contributed by atoms with Gasteiger partial charge in [-0.25, -0.2) is 0 Å². The van der Waals surface area contributed by atoms with E-state index in [0.29, 0.717) is 0 Å². The van der Waals surface area contributed by atoms with Gasteiger partial charge in [-0.2, -0.15) is 0 Å². The molecule has 0 saturated heterocycles. The molecule has 1 aliphatic rings. The molecule has 1 fully saturated rings. The molecule has 2 atom stereocenters. The van der Waals surface area contributed by atoms with E-state index in [1.807, 2.05) is 0 Å². The summed E-state index contributed by atoms with van der Waals surface area (Å²) in [6.07, 6.45) is 11.7. The Kier molecular flexibility index (Phi) is 7.92. The first-order valence-corrected chi connectivity index (χ1v) is 7.94. The summed E-state index contributed by atoms with van der Waals surface area (Å²) in [5.41, 5.74) is 0. The fraction of sp³-hybridized carbons (Fsp3) is 1.00. The molecule has 1 rings (SSSR count). The molecule has 0 bridgehead atoms. The Balaban J connectivity index is 2.10. The number of unbranched alkanes of at least 4 members (excludes halogenated alkanes) is 3. The summed E-state index contributed by atoms with van der Waals surface area (Å²) >= 11 is 0. The Morgan fingerprint density at radius 3 is 2.53 bits per heavy atom. The first-order valence-electron chi connectivity index (χ1n) is 7.94. The second kappa shape index (κ2) is 8.97. The van der Waals surface area contributed by atoms with E-state index in [0.717, 1.165) is 17.8 Å². The Bertz CT molecular complexity index is 176. The number of rotatable bonds is 9. The van der Waals surface area contributed by atoms with Gasteiger partial charge < -0.3 is 5.32 Å². The van der Waals surface area contributed by atoms with Gasteiger partial charge in [-0.05, 0) is 37.3 Å². The van der Waals surface area contributed by atoms with Crippen LogP contribution in [0.15, 0.2) is 0 Å². The van der Waals surface area contributed by atoms with E-state index in [-0.39, 0.29) is 0 Å². The molecule has 0 aromatic heterocycles. The highest BCUT2D eigenvalue weighted by molar-refractivity contribution is 4.79. The van der Waals surface area contributed by atoms with Crippen LogP contribution in [0.2, 0.25) is 0 Å². The van der Waals surface area contributed by atoms with Crippen molar-refractivity contribution >= 4 is 0 Å². The van der Waals surface area contributed by atoms with Crippen molar-refractivity contribution in [2.45, 2.75) is 72.1 Å². The maximum absolute atomic E-state index is 3.66. The van der Waals surface area contributed by atoms with E-state index >= 15 is 0 Å². The third-order valence-corrected chi connectivity index (χ3v) is 4.20. The number of hydrogen-bond acceptors (Lipinski definition) is 1. The van der Waals surface area contributed by atoms with E-state index in [1.54, 1.807) is 0 Å². The Morgan fingerprint density at radius 1 is 1.06 bits per heavy atom. The van der Waals surface area contributed by atoms with Crippen LogP contribution in [-0.4, -0.2) is 13.1 Å². The Hall–Kier alpha value is -0.0400. The second-order valence-electron chi connectivity index (χ2n) is 6.35. The maximum atomic E-state index is 3.66. The minimum Gasteiger partial charge on any atom is -0.316 e. The lowest BCUT2D eigenvalue weighted by Gasteiger charge is -2.20. The Morgan fingerprint density at radius 2 is 1.82 bits per heavy atom. The summed E-state index contributed by atoms with van der Waals surface area (Å²) in [7, 11) is 0. The fourth-order valence-electron chi connectivity index (χ4n) is 3.15. The van der Waals surface area contributed by atoms with Gasteiger partial charge in [0.2, 0.25) is 0 Å². The third-order valence-electron chi connectivity index (χ3n) is 4.20. The summed E-state index contributed by atoms with van der Waals surface area (Å²) < 4.78 is 0. The van der Waals surface area contributed by atoms with E-state index in [2.05, 4.69) is 26.1 Å². The van der Waals surface area contributed by atoms with Crippen LogP contribution in [0.3, 0.4) is 0 Å². The third kappa shape index (κ3) is 6.45. The summed E-state index contributed by atoms with van der Waals surface area (Å²) in [6, 6.07) is 0. The molecule has 0 aromatic carbocycles. The highest BCUT2D eigenvalue weighted by Crippen LogP contribution is 2.34. The molecule has 102 valence electrons. The van der Waals surface area contributed by atoms with Crippen molar-refractivity contribution in [1.82, 2.24) is 5.32 Å². The van der Waals surface area contributed by atoms with Gasteiger partial charge in [0.25, 0.3) is 0 Å². The number of nitrogens with one attached hydrogen (secondary N) is 1. The molecule has 1 N–H and O–H groups in total. The van der Waals surface area contributed by atoms with Gasteiger partial charge >= 0.3 is 0 Å².